The van der Waals surface area contributed by atoms with E-state index >= 15 is 0 Å². The normalized spacial score (nSPS) is 20.0. The Kier molecular flexibility index (Phi) is 26.4. The molecule has 0 spiro atoms. The lowest BCUT2D eigenvalue weighted by Gasteiger charge is -2.17. The van der Waals surface area contributed by atoms with E-state index in [1.54, 1.807) is 12.2 Å². The van der Waals surface area contributed by atoms with Crippen molar-refractivity contribution in [3.8, 4) is 0 Å². The smallest absolute Gasteiger partial charge is 0.305 e. The van der Waals surface area contributed by atoms with Crippen molar-refractivity contribution in [2.45, 2.75) is 180 Å². The quantitative estimate of drug-likeness (QED) is 0.0393. The number of carbonyl (C=O) groups excluding carboxylic acids is 3. The second-order valence-corrected chi connectivity index (χ2v) is 14.1. The van der Waals surface area contributed by atoms with Gasteiger partial charge in [0.15, 0.2) is 0 Å². The maximum Gasteiger partial charge on any atom is 0.305 e. The largest absolute Gasteiger partial charge is 0.463 e. The lowest BCUT2D eigenvalue weighted by molar-refractivity contribution is -0.152. The van der Waals surface area contributed by atoms with Crippen LogP contribution in [0.3, 0.4) is 0 Å². The highest BCUT2D eigenvalue weighted by molar-refractivity contribution is 5.86. The van der Waals surface area contributed by atoms with E-state index in [0.29, 0.717) is 32.1 Å². The lowest BCUT2D eigenvalue weighted by Crippen LogP contribution is -2.25. The first kappa shape index (κ1) is 44.0. The molecule has 1 unspecified atom stereocenters. The Balaban J connectivity index is 2.06. The molecule has 1 aliphatic carbocycles. The van der Waals surface area contributed by atoms with Crippen molar-refractivity contribution in [1.29, 1.82) is 0 Å². The van der Waals surface area contributed by atoms with Gasteiger partial charge in [-0.25, -0.2) is 0 Å². The number of aliphatic hydroxyl groups excluding tert-OH is 3. The summed E-state index contributed by atoms with van der Waals surface area (Å²) in [6.45, 7) is 6.32. The van der Waals surface area contributed by atoms with Crippen molar-refractivity contribution in [2.75, 3.05) is 13.2 Å². The third-order valence-electron chi connectivity index (χ3n) is 9.61. The molecule has 48 heavy (non-hydrogen) atoms. The van der Waals surface area contributed by atoms with E-state index in [0.717, 1.165) is 44.4 Å². The van der Waals surface area contributed by atoms with Crippen molar-refractivity contribution >= 4 is 17.7 Å². The van der Waals surface area contributed by atoms with Gasteiger partial charge in [-0.15, -0.1) is 0 Å². The number of hydrogen-bond acceptors (Lipinski definition) is 8. The molecule has 0 heterocycles. The molecule has 6 atom stereocenters. The van der Waals surface area contributed by atoms with Gasteiger partial charge in [-0.1, -0.05) is 135 Å². The molecule has 1 saturated carbocycles. The van der Waals surface area contributed by atoms with Gasteiger partial charge in [0.05, 0.1) is 12.2 Å². The standard InChI is InChI=1S/C40H70O8/c1-4-6-17-23-33(41)27-28-36-35(37(43)29-38(36)44)24-19-15-16-21-26-40(46)48-31-34(42)30-47-39(45)25-20-14-12-10-8-7-9-11-13-18-22-32(3)5-2/h15,19,27-28,32-37,41-43H,4-14,16-18,20-26,29-31H2,1-3H3/b19-15-,28-27+/t32?,33-,34-,35+,36+,37-/m0/s1. The van der Waals surface area contributed by atoms with Gasteiger partial charge in [0, 0.05) is 31.1 Å². The SMILES string of the molecule is CCCCC[C@H](O)/C=C/[C@H]1C(=O)C[C@H](O)[C@@H]1C/C=C\CCCC(=O)OC[C@@H](O)COC(=O)CCCCCCCCCCCCC(C)CC. The Morgan fingerprint density at radius 2 is 1.35 bits per heavy atom. The number of carbonyl (C=O) groups is 3. The zero-order chi connectivity index (χ0) is 35.4. The molecular formula is C40H70O8. The minimum Gasteiger partial charge on any atom is -0.463 e. The van der Waals surface area contributed by atoms with Crippen molar-refractivity contribution in [3.05, 3.63) is 24.3 Å². The summed E-state index contributed by atoms with van der Waals surface area (Å²) in [6.07, 6.45) is 25.9. The van der Waals surface area contributed by atoms with E-state index in [2.05, 4.69) is 20.8 Å². The van der Waals surface area contributed by atoms with Crippen LogP contribution in [0.25, 0.3) is 0 Å². The molecular weight excluding hydrogens is 608 g/mol. The molecule has 0 radical (unpaired) electrons. The Labute approximate surface area is 292 Å². The highest BCUT2D eigenvalue weighted by atomic mass is 16.6. The van der Waals surface area contributed by atoms with Gasteiger partial charge in [-0.3, -0.25) is 14.4 Å². The summed E-state index contributed by atoms with van der Waals surface area (Å²) in [5, 5.41) is 30.6. The summed E-state index contributed by atoms with van der Waals surface area (Å²) in [7, 11) is 0. The highest BCUT2D eigenvalue weighted by Gasteiger charge is 2.39. The van der Waals surface area contributed by atoms with Crippen LogP contribution in [0.1, 0.15) is 162 Å². The molecule has 0 amide bonds. The monoisotopic (exact) mass is 679 g/mol. The second kappa shape index (κ2) is 28.8. The zero-order valence-corrected chi connectivity index (χ0v) is 30.6. The number of ether oxygens (including phenoxy) is 2. The fraction of sp³-hybridized carbons (Fsp3) is 0.825. The first-order valence-electron chi connectivity index (χ1n) is 19.4. The molecule has 8 nitrogen and oxygen atoms in total. The molecule has 1 fully saturated rings. The van der Waals surface area contributed by atoms with E-state index in [4.69, 9.17) is 9.47 Å². The third-order valence-corrected chi connectivity index (χ3v) is 9.61. The summed E-state index contributed by atoms with van der Waals surface area (Å²) in [4.78, 5) is 36.4. The van der Waals surface area contributed by atoms with Gasteiger partial charge in [-0.05, 0) is 38.0 Å². The fourth-order valence-corrected chi connectivity index (χ4v) is 6.16. The van der Waals surface area contributed by atoms with Crippen molar-refractivity contribution < 1.29 is 39.2 Å². The maximum absolute atomic E-state index is 12.4. The minimum absolute atomic E-state index is 0.00207. The number of Topliss-reactive ketones (excluding diaryl/α,β-unsaturated/α-hetero) is 1. The van der Waals surface area contributed by atoms with Gasteiger partial charge in [0.25, 0.3) is 0 Å². The number of esters is 2. The van der Waals surface area contributed by atoms with Crippen LogP contribution in [-0.2, 0) is 23.9 Å². The fourth-order valence-electron chi connectivity index (χ4n) is 6.16. The van der Waals surface area contributed by atoms with E-state index in [1.165, 1.54) is 57.8 Å². The summed E-state index contributed by atoms with van der Waals surface area (Å²) in [5.41, 5.74) is 0. The molecule has 0 aromatic carbocycles. The topological polar surface area (TPSA) is 130 Å². The minimum atomic E-state index is -1.05. The van der Waals surface area contributed by atoms with E-state index in [1.807, 2.05) is 12.2 Å². The molecule has 1 aliphatic rings. The average molecular weight is 679 g/mol. The van der Waals surface area contributed by atoms with Crippen LogP contribution >= 0.6 is 0 Å². The predicted molar refractivity (Wildman–Crippen MR) is 192 cm³/mol. The number of aliphatic hydroxyl groups is 3. The zero-order valence-electron chi connectivity index (χ0n) is 30.6. The van der Waals surface area contributed by atoms with Gasteiger partial charge in [-0.2, -0.15) is 0 Å². The number of hydrogen-bond donors (Lipinski definition) is 3. The van der Waals surface area contributed by atoms with Crippen LogP contribution in [0.15, 0.2) is 24.3 Å². The molecule has 278 valence electrons. The summed E-state index contributed by atoms with van der Waals surface area (Å²) >= 11 is 0. The molecule has 1 rings (SSSR count). The molecule has 0 aliphatic heterocycles. The first-order valence-corrected chi connectivity index (χ1v) is 19.4. The number of unbranched alkanes of at least 4 members (excludes halogenated alkanes) is 12. The van der Waals surface area contributed by atoms with Crippen LogP contribution in [0.4, 0.5) is 0 Å². The molecule has 0 aromatic heterocycles. The van der Waals surface area contributed by atoms with E-state index in [-0.39, 0.29) is 43.7 Å². The predicted octanol–water partition coefficient (Wildman–Crippen LogP) is 8.34. The Morgan fingerprint density at radius 3 is 1.96 bits per heavy atom. The van der Waals surface area contributed by atoms with Gasteiger partial charge in [0.2, 0.25) is 0 Å². The van der Waals surface area contributed by atoms with Crippen LogP contribution in [0.2, 0.25) is 0 Å². The maximum atomic E-state index is 12.4. The first-order chi connectivity index (χ1) is 23.2. The number of rotatable bonds is 30. The van der Waals surface area contributed by atoms with Crippen LogP contribution in [-0.4, -0.2) is 64.6 Å². The third kappa shape index (κ3) is 22.6. The second-order valence-electron chi connectivity index (χ2n) is 14.1. The van der Waals surface area contributed by atoms with Gasteiger partial charge < -0.3 is 24.8 Å². The Morgan fingerprint density at radius 1 is 0.792 bits per heavy atom. The average Bonchev–Trinajstić information content (AvgIpc) is 3.34. The van der Waals surface area contributed by atoms with Crippen molar-refractivity contribution in [1.82, 2.24) is 0 Å². The number of allylic oxidation sites excluding steroid dienone is 3. The van der Waals surface area contributed by atoms with Crippen molar-refractivity contribution in [3.63, 3.8) is 0 Å². The van der Waals surface area contributed by atoms with Gasteiger partial charge >= 0.3 is 11.9 Å². The molecule has 0 bridgehead atoms. The summed E-state index contributed by atoms with van der Waals surface area (Å²) in [5.74, 6) is -0.500. The lowest BCUT2D eigenvalue weighted by atomic mass is 9.90. The van der Waals surface area contributed by atoms with Gasteiger partial charge in [0.1, 0.15) is 25.1 Å². The van der Waals surface area contributed by atoms with Crippen LogP contribution < -0.4 is 0 Å². The molecule has 0 aromatic rings. The van der Waals surface area contributed by atoms with Crippen molar-refractivity contribution in [2.24, 2.45) is 17.8 Å². The van der Waals surface area contributed by atoms with E-state index in [9.17, 15) is 29.7 Å². The molecule has 0 saturated heterocycles. The molecule has 8 heteroatoms. The number of ketones is 1. The van der Waals surface area contributed by atoms with E-state index < -0.39 is 30.2 Å². The summed E-state index contributed by atoms with van der Waals surface area (Å²) < 4.78 is 10.3. The highest BCUT2D eigenvalue weighted by Crippen LogP contribution is 2.33. The van der Waals surface area contributed by atoms with Crippen LogP contribution in [0, 0.1) is 17.8 Å². The Bertz CT molecular complexity index is 900. The van der Waals surface area contributed by atoms with Crippen LogP contribution in [0.5, 0.6) is 0 Å². The Hall–Kier alpha value is -2.03. The molecule has 3 N–H and O–H groups in total. The summed E-state index contributed by atoms with van der Waals surface area (Å²) in [6, 6.07) is 0.